The number of allylic oxidation sites excluding steroid dienone is 1. The second-order valence-electron chi connectivity index (χ2n) is 13.0. The highest BCUT2D eigenvalue weighted by Gasteiger charge is 2.26. The van der Waals surface area contributed by atoms with Crippen molar-refractivity contribution in [3.63, 3.8) is 0 Å². The van der Waals surface area contributed by atoms with E-state index in [1.165, 1.54) is 32.5 Å². The number of rotatable bonds is 15. The number of benzene rings is 1. The Bertz CT molecular complexity index is 1100. The highest BCUT2D eigenvalue weighted by molar-refractivity contribution is 5.96. The number of piperidine rings is 2. The minimum absolute atomic E-state index is 0.0163. The Morgan fingerprint density at radius 2 is 1.65 bits per heavy atom. The first-order chi connectivity index (χ1) is 20.7. The fraction of sp³-hybridized carbons (Fsp3) is 0.686. The molecule has 8 nitrogen and oxygen atoms in total. The Labute approximate surface area is 259 Å². The molecule has 4 rings (SSSR count). The maximum atomic E-state index is 12.5. The molecule has 3 heterocycles. The van der Waals surface area contributed by atoms with E-state index < -0.39 is 0 Å². The quantitative estimate of drug-likeness (QED) is 0.240. The second kappa shape index (κ2) is 16.6. The Kier molecular flexibility index (Phi) is 12.9. The van der Waals surface area contributed by atoms with Gasteiger partial charge in [0.15, 0.2) is 5.78 Å². The molecule has 0 amide bonds. The van der Waals surface area contributed by atoms with E-state index in [4.69, 9.17) is 4.74 Å². The van der Waals surface area contributed by atoms with E-state index in [2.05, 4.69) is 38.7 Å². The summed E-state index contributed by atoms with van der Waals surface area (Å²) in [7, 11) is 0. The Morgan fingerprint density at radius 1 is 0.953 bits per heavy atom. The molecule has 238 valence electrons. The molecule has 1 N–H and O–H groups in total. The molecule has 8 heteroatoms. The zero-order chi connectivity index (χ0) is 30.8. The van der Waals surface area contributed by atoms with Gasteiger partial charge in [0.2, 0.25) is 0 Å². The number of carbonyl (C=O) groups excluding carboxylic acids is 3. The standard InChI is InChI=1S/C35H54N4O4/c1-26(34(28(3)41)7-5-27(2)40)23-31-24-32(6-8-35(31)29(4)42)39-19-17-38(18-20-39)25-30-11-15-37(16-12-30)21-22-43-33-9-13-36-14-10-33/h6,8,24,30,33-34,36H,1,5,7,9-23,25H2,2-4H3. The van der Waals surface area contributed by atoms with Crippen LogP contribution >= 0.6 is 0 Å². The van der Waals surface area contributed by atoms with Crippen LogP contribution in [-0.4, -0.2) is 105 Å². The summed E-state index contributed by atoms with van der Waals surface area (Å²) in [4.78, 5) is 44.0. The lowest BCUT2D eigenvalue weighted by molar-refractivity contribution is -0.120. The molecule has 1 aromatic carbocycles. The third-order valence-corrected chi connectivity index (χ3v) is 9.66. The molecule has 0 bridgehead atoms. The summed E-state index contributed by atoms with van der Waals surface area (Å²) in [5.41, 5.74) is 3.50. The van der Waals surface area contributed by atoms with Crippen LogP contribution < -0.4 is 10.2 Å². The predicted molar refractivity (Wildman–Crippen MR) is 173 cm³/mol. The van der Waals surface area contributed by atoms with E-state index in [9.17, 15) is 14.4 Å². The van der Waals surface area contributed by atoms with Crippen molar-refractivity contribution < 1.29 is 19.1 Å². The van der Waals surface area contributed by atoms with Crippen LogP contribution in [0.25, 0.3) is 0 Å². The van der Waals surface area contributed by atoms with Gasteiger partial charge in [0.05, 0.1) is 12.7 Å². The van der Waals surface area contributed by atoms with Crippen LogP contribution in [0.15, 0.2) is 30.4 Å². The summed E-state index contributed by atoms with van der Waals surface area (Å²) in [6.07, 6.45) is 6.56. The van der Waals surface area contributed by atoms with Gasteiger partial charge < -0.3 is 24.6 Å². The first-order valence-electron chi connectivity index (χ1n) is 16.5. The molecule has 0 aromatic heterocycles. The molecule has 3 fully saturated rings. The number of ketones is 3. The van der Waals surface area contributed by atoms with Crippen molar-refractivity contribution in [1.29, 1.82) is 0 Å². The molecule has 1 unspecified atom stereocenters. The van der Waals surface area contributed by atoms with Crippen molar-refractivity contribution in [2.75, 3.05) is 77.0 Å². The first kappa shape index (κ1) is 33.5. The number of carbonyl (C=O) groups is 3. The van der Waals surface area contributed by atoms with Gasteiger partial charge in [0.1, 0.15) is 11.6 Å². The van der Waals surface area contributed by atoms with Gasteiger partial charge in [-0.1, -0.05) is 12.2 Å². The molecule has 0 radical (unpaired) electrons. The van der Waals surface area contributed by atoms with Crippen LogP contribution in [0, 0.1) is 11.8 Å². The molecule has 3 aliphatic heterocycles. The van der Waals surface area contributed by atoms with Crippen molar-refractivity contribution in [1.82, 2.24) is 15.1 Å². The van der Waals surface area contributed by atoms with Crippen LogP contribution in [0.5, 0.6) is 0 Å². The number of nitrogens with zero attached hydrogens (tertiary/aromatic N) is 3. The Morgan fingerprint density at radius 3 is 2.28 bits per heavy atom. The van der Waals surface area contributed by atoms with E-state index in [-0.39, 0.29) is 23.3 Å². The first-order valence-corrected chi connectivity index (χ1v) is 16.5. The number of hydrogen-bond donors (Lipinski definition) is 1. The lowest BCUT2D eigenvalue weighted by atomic mass is 9.85. The molecular weight excluding hydrogens is 540 g/mol. The van der Waals surface area contributed by atoms with E-state index in [0.29, 0.717) is 30.9 Å². The molecule has 0 saturated carbocycles. The van der Waals surface area contributed by atoms with Crippen molar-refractivity contribution in [2.45, 2.75) is 71.8 Å². The third kappa shape index (κ3) is 10.3. The monoisotopic (exact) mass is 594 g/mol. The van der Waals surface area contributed by atoms with Gasteiger partial charge in [0, 0.05) is 62.9 Å². The van der Waals surface area contributed by atoms with Gasteiger partial charge in [-0.15, -0.1) is 0 Å². The second-order valence-corrected chi connectivity index (χ2v) is 13.0. The maximum Gasteiger partial charge on any atom is 0.160 e. The third-order valence-electron chi connectivity index (χ3n) is 9.66. The van der Waals surface area contributed by atoms with Crippen molar-refractivity contribution in [3.8, 4) is 0 Å². The predicted octanol–water partition coefficient (Wildman–Crippen LogP) is 4.16. The fourth-order valence-electron chi connectivity index (χ4n) is 6.93. The number of nitrogens with one attached hydrogen (secondary N) is 1. The van der Waals surface area contributed by atoms with Gasteiger partial charge in [-0.3, -0.25) is 14.5 Å². The van der Waals surface area contributed by atoms with Crippen LogP contribution in [0.1, 0.15) is 75.2 Å². The summed E-state index contributed by atoms with van der Waals surface area (Å²) in [5.74, 6) is 0.509. The number of likely N-dealkylation sites (tertiary alicyclic amines) is 1. The summed E-state index contributed by atoms with van der Waals surface area (Å²) in [6, 6.07) is 6.10. The smallest absolute Gasteiger partial charge is 0.160 e. The van der Waals surface area contributed by atoms with Gasteiger partial charge in [-0.2, -0.15) is 0 Å². The maximum absolute atomic E-state index is 12.5. The topological polar surface area (TPSA) is 82.2 Å². The normalized spacial score (nSPS) is 20.2. The molecule has 1 atom stereocenters. The van der Waals surface area contributed by atoms with Crippen molar-refractivity contribution in [3.05, 3.63) is 41.5 Å². The van der Waals surface area contributed by atoms with Crippen LogP contribution in [-0.2, 0) is 20.7 Å². The molecule has 0 aliphatic carbocycles. The zero-order valence-corrected chi connectivity index (χ0v) is 26.9. The molecule has 3 saturated heterocycles. The van der Waals surface area contributed by atoms with Gasteiger partial charge in [0.25, 0.3) is 0 Å². The summed E-state index contributed by atoms with van der Waals surface area (Å²) in [6.45, 7) is 20.5. The average molecular weight is 595 g/mol. The van der Waals surface area contributed by atoms with Gasteiger partial charge in [-0.05, 0) is 115 Å². The van der Waals surface area contributed by atoms with Crippen molar-refractivity contribution in [2.24, 2.45) is 11.8 Å². The van der Waals surface area contributed by atoms with E-state index in [1.807, 2.05) is 6.07 Å². The molecular formula is C35H54N4O4. The van der Waals surface area contributed by atoms with Gasteiger partial charge in [-0.25, -0.2) is 0 Å². The Balaban J connectivity index is 1.23. The zero-order valence-electron chi connectivity index (χ0n) is 26.9. The van der Waals surface area contributed by atoms with Gasteiger partial charge >= 0.3 is 0 Å². The molecule has 0 spiro atoms. The number of piperazine rings is 1. The molecule has 3 aliphatic rings. The number of ether oxygens (including phenoxy) is 1. The lowest BCUT2D eigenvalue weighted by Crippen LogP contribution is -2.49. The minimum Gasteiger partial charge on any atom is -0.377 e. The van der Waals surface area contributed by atoms with Crippen LogP contribution in [0.2, 0.25) is 0 Å². The van der Waals surface area contributed by atoms with E-state index in [0.717, 1.165) is 88.0 Å². The lowest BCUT2D eigenvalue weighted by Gasteiger charge is -2.40. The number of hydrogen-bond acceptors (Lipinski definition) is 8. The summed E-state index contributed by atoms with van der Waals surface area (Å²) in [5, 5.41) is 3.40. The highest BCUT2D eigenvalue weighted by atomic mass is 16.5. The van der Waals surface area contributed by atoms with E-state index in [1.54, 1.807) is 20.8 Å². The minimum atomic E-state index is -0.365. The number of anilines is 1. The summed E-state index contributed by atoms with van der Waals surface area (Å²) < 4.78 is 6.12. The molecule has 1 aromatic rings. The van der Waals surface area contributed by atoms with Crippen LogP contribution in [0.4, 0.5) is 5.69 Å². The average Bonchev–Trinajstić information content (AvgIpc) is 2.98. The Hall–Kier alpha value is -2.39. The largest absolute Gasteiger partial charge is 0.377 e. The number of Topliss-reactive ketones (excluding diaryl/α,β-unsaturated/α-hetero) is 3. The molecule has 43 heavy (non-hydrogen) atoms. The SMILES string of the molecule is C=C(Cc1cc(N2CCN(CC3CCN(CCOC4CCNCC4)CC3)CC2)ccc1C(C)=O)C(CCC(C)=O)C(C)=O. The highest BCUT2D eigenvalue weighted by Crippen LogP contribution is 2.28. The van der Waals surface area contributed by atoms with Crippen LogP contribution in [0.3, 0.4) is 0 Å². The fourth-order valence-corrected chi connectivity index (χ4v) is 6.93. The van der Waals surface area contributed by atoms with E-state index >= 15 is 0 Å². The summed E-state index contributed by atoms with van der Waals surface area (Å²) >= 11 is 0. The van der Waals surface area contributed by atoms with Crippen molar-refractivity contribution >= 4 is 23.0 Å².